The molecule has 3 heteroatoms. The van der Waals surface area contributed by atoms with Crippen LogP contribution in [-0.4, -0.2) is 30.4 Å². The smallest absolute Gasteiger partial charge is 0.224 e. The first-order valence-electron chi connectivity index (χ1n) is 10.5. The van der Waals surface area contributed by atoms with E-state index in [0.29, 0.717) is 12.5 Å². The van der Waals surface area contributed by atoms with Crippen molar-refractivity contribution in [3.05, 3.63) is 71.3 Å². The van der Waals surface area contributed by atoms with Crippen molar-refractivity contribution in [1.29, 1.82) is 0 Å². The molecular weight excluding hydrogens is 344 g/mol. The molecule has 1 aliphatic carbocycles. The number of allylic oxidation sites excluding steroid dienone is 1. The first-order chi connectivity index (χ1) is 13.6. The molecule has 3 nitrogen and oxygen atoms in total. The van der Waals surface area contributed by atoms with Crippen LogP contribution in [0.25, 0.3) is 6.08 Å². The van der Waals surface area contributed by atoms with Gasteiger partial charge in [0.15, 0.2) is 0 Å². The van der Waals surface area contributed by atoms with Crippen LogP contribution in [0.4, 0.5) is 5.69 Å². The van der Waals surface area contributed by atoms with Crippen molar-refractivity contribution >= 4 is 17.7 Å². The highest BCUT2D eigenvalue weighted by molar-refractivity contribution is 5.90. The number of carbonyl (C=O) groups excluding carboxylic acids is 1. The third kappa shape index (κ3) is 6.07. The van der Waals surface area contributed by atoms with Gasteiger partial charge >= 0.3 is 0 Å². The van der Waals surface area contributed by atoms with E-state index in [9.17, 15) is 4.79 Å². The second-order valence-electron chi connectivity index (χ2n) is 7.77. The Kier molecular flexibility index (Phi) is 7.44. The van der Waals surface area contributed by atoms with E-state index in [1.807, 2.05) is 19.1 Å². The number of benzene rings is 2. The monoisotopic (exact) mass is 376 g/mol. The number of nitrogens with zero attached hydrogens (tertiary/aromatic N) is 1. The number of nitrogens with one attached hydrogen (secondary N) is 1. The van der Waals surface area contributed by atoms with Gasteiger partial charge in [0.2, 0.25) is 5.91 Å². The van der Waals surface area contributed by atoms with Crippen LogP contribution in [0, 0.1) is 0 Å². The predicted octanol–water partition coefficient (Wildman–Crippen LogP) is 5.54. The van der Waals surface area contributed by atoms with Crippen LogP contribution >= 0.6 is 0 Å². The quantitative estimate of drug-likeness (QED) is 0.688. The van der Waals surface area contributed by atoms with E-state index in [0.717, 1.165) is 18.7 Å². The van der Waals surface area contributed by atoms with Crippen molar-refractivity contribution in [3.63, 3.8) is 0 Å². The lowest BCUT2D eigenvalue weighted by molar-refractivity contribution is -0.115. The van der Waals surface area contributed by atoms with E-state index in [2.05, 4.69) is 65.8 Å². The summed E-state index contributed by atoms with van der Waals surface area (Å²) in [5, 5.41) is 2.90. The minimum absolute atomic E-state index is 0.0563. The van der Waals surface area contributed by atoms with Gasteiger partial charge in [0.1, 0.15) is 0 Å². The maximum Gasteiger partial charge on any atom is 0.224 e. The number of amides is 1. The molecule has 0 heterocycles. The molecule has 1 amide bonds. The lowest BCUT2D eigenvalue weighted by atomic mass is 9.89. The molecule has 1 aliphatic rings. The molecule has 0 radical (unpaired) electrons. The topological polar surface area (TPSA) is 32.3 Å². The zero-order valence-electron chi connectivity index (χ0n) is 17.2. The lowest BCUT2D eigenvalue weighted by Gasteiger charge is -2.32. The molecule has 0 unspecified atom stereocenters. The summed E-state index contributed by atoms with van der Waals surface area (Å²) in [6.45, 7) is 2.99. The van der Waals surface area contributed by atoms with E-state index in [4.69, 9.17) is 0 Å². The fourth-order valence-corrected chi connectivity index (χ4v) is 3.84. The second-order valence-corrected chi connectivity index (χ2v) is 7.77. The number of anilines is 1. The summed E-state index contributed by atoms with van der Waals surface area (Å²) >= 11 is 0. The van der Waals surface area contributed by atoms with Gasteiger partial charge in [-0.25, -0.2) is 0 Å². The first kappa shape index (κ1) is 20.3. The van der Waals surface area contributed by atoms with Gasteiger partial charge in [0, 0.05) is 24.7 Å². The Labute approximate surface area is 169 Å². The normalized spacial score (nSPS) is 16.8. The van der Waals surface area contributed by atoms with E-state index in [1.54, 1.807) is 0 Å². The summed E-state index contributed by atoms with van der Waals surface area (Å²) in [5.41, 5.74) is 5.06. The maximum absolute atomic E-state index is 11.5. The average Bonchev–Trinajstić information content (AvgIpc) is 2.74. The van der Waals surface area contributed by atoms with Gasteiger partial charge in [0.05, 0.1) is 0 Å². The van der Waals surface area contributed by atoms with E-state index >= 15 is 0 Å². The lowest BCUT2D eigenvalue weighted by Crippen LogP contribution is -2.35. The SMILES string of the molecule is CCC(=O)Nc1ccc(C=C2CCC(N(C)CCc3ccccc3)CC2)cc1. The Balaban J connectivity index is 1.47. The van der Waals surface area contributed by atoms with Gasteiger partial charge in [-0.2, -0.15) is 0 Å². The molecule has 28 heavy (non-hydrogen) atoms. The van der Waals surface area contributed by atoms with Crippen LogP contribution in [0.15, 0.2) is 60.2 Å². The number of hydrogen-bond donors (Lipinski definition) is 1. The summed E-state index contributed by atoms with van der Waals surface area (Å²) < 4.78 is 0. The third-order valence-electron chi connectivity index (χ3n) is 5.70. The minimum atomic E-state index is 0.0563. The molecule has 2 aromatic carbocycles. The van der Waals surface area contributed by atoms with Crippen molar-refractivity contribution < 1.29 is 4.79 Å². The number of carbonyl (C=O) groups is 1. The Morgan fingerprint density at radius 2 is 1.75 bits per heavy atom. The molecule has 3 rings (SSSR count). The van der Waals surface area contributed by atoms with Crippen LogP contribution in [0.3, 0.4) is 0 Å². The Bertz CT molecular complexity index is 770. The molecule has 0 saturated heterocycles. The molecule has 1 saturated carbocycles. The Morgan fingerprint density at radius 1 is 1.07 bits per heavy atom. The van der Waals surface area contributed by atoms with Gasteiger partial charge in [0.25, 0.3) is 0 Å². The molecule has 1 N–H and O–H groups in total. The number of hydrogen-bond acceptors (Lipinski definition) is 2. The standard InChI is InChI=1S/C25H32N2O/c1-3-25(28)26-23-13-9-21(10-14-23)19-22-11-15-24(16-12-22)27(2)18-17-20-7-5-4-6-8-20/h4-10,13-14,19,24H,3,11-12,15-18H2,1-2H3,(H,26,28). The molecule has 148 valence electrons. The van der Waals surface area contributed by atoms with Crippen molar-refractivity contribution in [2.75, 3.05) is 18.9 Å². The molecular formula is C25H32N2O. The zero-order chi connectivity index (χ0) is 19.8. The highest BCUT2D eigenvalue weighted by Gasteiger charge is 2.20. The van der Waals surface area contributed by atoms with Crippen molar-refractivity contribution in [1.82, 2.24) is 4.90 Å². The molecule has 2 aromatic rings. The molecule has 0 aromatic heterocycles. The summed E-state index contributed by atoms with van der Waals surface area (Å²) in [6.07, 6.45) is 8.78. The third-order valence-corrected chi connectivity index (χ3v) is 5.70. The Hall–Kier alpha value is -2.39. The van der Waals surface area contributed by atoms with Crippen LogP contribution in [0.2, 0.25) is 0 Å². The van der Waals surface area contributed by atoms with Gasteiger partial charge in [-0.05, 0) is 62.4 Å². The van der Waals surface area contributed by atoms with Crippen molar-refractivity contribution in [3.8, 4) is 0 Å². The van der Waals surface area contributed by atoms with Crippen LogP contribution < -0.4 is 5.32 Å². The number of rotatable bonds is 7. The highest BCUT2D eigenvalue weighted by Crippen LogP contribution is 2.28. The van der Waals surface area contributed by atoms with Gasteiger partial charge in [-0.1, -0.05) is 61.0 Å². The largest absolute Gasteiger partial charge is 0.326 e. The fourth-order valence-electron chi connectivity index (χ4n) is 3.84. The predicted molar refractivity (Wildman–Crippen MR) is 118 cm³/mol. The van der Waals surface area contributed by atoms with E-state index in [1.165, 1.54) is 42.4 Å². The summed E-state index contributed by atoms with van der Waals surface area (Å²) in [4.78, 5) is 14.0. The zero-order valence-corrected chi connectivity index (χ0v) is 17.2. The van der Waals surface area contributed by atoms with Crippen LogP contribution in [0.5, 0.6) is 0 Å². The molecule has 1 fully saturated rings. The summed E-state index contributed by atoms with van der Waals surface area (Å²) in [6, 6.07) is 19.6. The van der Waals surface area contributed by atoms with Gasteiger partial charge in [-0.15, -0.1) is 0 Å². The van der Waals surface area contributed by atoms with E-state index < -0.39 is 0 Å². The van der Waals surface area contributed by atoms with Gasteiger partial charge < -0.3 is 10.2 Å². The van der Waals surface area contributed by atoms with Crippen LogP contribution in [0.1, 0.15) is 50.2 Å². The average molecular weight is 377 g/mol. The summed E-state index contributed by atoms with van der Waals surface area (Å²) in [7, 11) is 2.27. The number of likely N-dealkylation sites (N-methyl/N-ethyl adjacent to an activating group) is 1. The minimum Gasteiger partial charge on any atom is -0.326 e. The van der Waals surface area contributed by atoms with Crippen molar-refractivity contribution in [2.24, 2.45) is 0 Å². The molecule has 0 spiro atoms. The van der Waals surface area contributed by atoms with E-state index in [-0.39, 0.29) is 5.91 Å². The fraction of sp³-hybridized carbons (Fsp3) is 0.400. The molecule has 0 aliphatic heterocycles. The highest BCUT2D eigenvalue weighted by atomic mass is 16.1. The Morgan fingerprint density at radius 3 is 2.39 bits per heavy atom. The second kappa shape index (κ2) is 10.2. The van der Waals surface area contributed by atoms with Gasteiger partial charge in [-0.3, -0.25) is 4.79 Å². The molecule has 0 bridgehead atoms. The van der Waals surface area contributed by atoms with Crippen molar-refractivity contribution in [2.45, 2.75) is 51.5 Å². The first-order valence-corrected chi connectivity index (χ1v) is 10.5. The van der Waals surface area contributed by atoms with Crippen LogP contribution in [-0.2, 0) is 11.2 Å². The summed E-state index contributed by atoms with van der Waals surface area (Å²) in [5.74, 6) is 0.0563. The molecule has 0 atom stereocenters. The maximum atomic E-state index is 11.5.